The number of nitrogens with two attached hydrogens (primary N) is 2. The maximum Gasteiger partial charge on any atom is 0.330 e. The molecule has 1 aliphatic heterocycles. The summed E-state index contributed by atoms with van der Waals surface area (Å²) in [4.78, 5) is 31.7. The summed E-state index contributed by atoms with van der Waals surface area (Å²) in [5, 5.41) is 2.73. The number of aryl methyl sites for hydroxylation is 4. The summed E-state index contributed by atoms with van der Waals surface area (Å²) in [5.41, 5.74) is 14.6. The van der Waals surface area contributed by atoms with Crippen LogP contribution in [0.2, 0.25) is 0 Å². The average molecular weight is 578 g/mol. The summed E-state index contributed by atoms with van der Waals surface area (Å²) in [7, 11) is 2.93. The number of fused-ring (bicyclic) bond motifs is 3. The smallest absolute Gasteiger partial charge is 0.330 e. The molecule has 2 heterocycles. The lowest BCUT2D eigenvalue weighted by Gasteiger charge is -2.25. The van der Waals surface area contributed by atoms with Gasteiger partial charge in [-0.1, -0.05) is 17.7 Å². The molecule has 12 nitrogen and oxygen atoms in total. The third-order valence-corrected chi connectivity index (χ3v) is 7.19. The fraction of sp³-hybridized carbons (Fsp3) is 0.367. The first-order chi connectivity index (χ1) is 20.1. The Morgan fingerprint density at radius 3 is 2.40 bits per heavy atom. The van der Waals surface area contributed by atoms with Crippen LogP contribution in [0.4, 0.5) is 5.69 Å². The summed E-state index contributed by atoms with van der Waals surface area (Å²) in [6.07, 6.45) is 0.641. The molecule has 224 valence electrons. The highest BCUT2D eigenvalue weighted by Gasteiger charge is 2.23. The second-order valence-electron chi connectivity index (χ2n) is 10.0. The van der Waals surface area contributed by atoms with Crippen molar-refractivity contribution in [1.29, 1.82) is 0 Å². The Morgan fingerprint density at radius 1 is 1.07 bits per heavy atom. The van der Waals surface area contributed by atoms with Crippen LogP contribution < -0.4 is 43.0 Å². The topological polar surface area (TPSA) is 160 Å². The molecule has 1 aliphatic rings. The van der Waals surface area contributed by atoms with E-state index in [2.05, 4.69) is 22.9 Å². The van der Waals surface area contributed by atoms with Crippen LogP contribution in [0.3, 0.4) is 0 Å². The second kappa shape index (κ2) is 12.9. The summed E-state index contributed by atoms with van der Waals surface area (Å²) >= 11 is 0. The summed E-state index contributed by atoms with van der Waals surface area (Å²) in [5.74, 6) is 5.99. The first kappa shape index (κ1) is 30.3. The fourth-order valence-corrected chi connectivity index (χ4v) is 5.26. The van der Waals surface area contributed by atoms with Crippen molar-refractivity contribution in [2.45, 2.75) is 47.2 Å². The van der Waals surface area contributed by atoms with Crippen LogP contribution in [0, 0.1) is 20.8 Å². The van der Waals surface area contributed by atoms with Crippen LogP contribution in [-0.4, -0.2) is 42.4 Å². The van der Waals surface area contributed by atoms with Crippen molar-refractivity contribution in [2.24, 2.45) is 16.6 Å². The number of aromatic nitrogens is 2. The van der Waals surface area contributed by atoms with Gasteiger partial charge in [0.2, 0.25) is 5.88 Å². The van der Waals surface area contributed by atoms with Crippen molar-refractivity contribution in [1.82, 2.24) is 19.9 Å². The van der Waals surface area contributed by atoms with E-state index in [1.807, 2.05) is 45.9 Å². The van der Waals surface area contributed by atoms with E-state index in [0.29, 0.717) is 36.6 Å². The van der Waals surface area contributed by atoms with Crippen molar-refractivity contribution in [3.8, 4) is 22.8 Å². The van der Waals surface area contributed by atoms with E-state index in [-0.39, 0.29) is 30.4 Å². The normalized spacial score (nSPS) is 13.1. The molecule has 0 atom stereocenters. The standard InChI is InChI=1S/C30H39N7O5/c1-7-42-24-14-20-8-10-36-22(21(20)15-23(24)40-5)16-25(34-26-18(3)12-17(2)13-19(26)4)37(30(36)39)11-9-33-29(38)27(35-32)28(31)41-6/h12-16,35H,7-11,31-32H2,1-6H3,(H,33,38)/b28-27+,34-25+. The van der Waals surface area contributed by atoms with Crippen molar-refractivity contribution >= 4 is 11.6 Å². The molecule has 0 unspecified atom stereocenters. The molecular formula is C30H39N7O5. The number of amides is 1. The zero-order valence-electron chi connectivity index (χ0n) is 25.0. The Hall–Kier alpha value is -4.71. The Morgan fingerprint density at radius 2 is 1.79 bits per heavy atom. The molecule has 0 radical (unpaired) electrons. The van der Waals surface area contributed by atoms with E-state index in [4.69, 9.17) is 30.8 Å². The monoisotopic (exact) mass is 577 g/mol. The molecule has 4 rings (SSSR count). The van der Waals surface area contributed by atoms with E-state index in [1.165, 1.54) is 7.11 Å². The van der Waals surface area contributed by atoms with Gasteiger partial charge in [0, 0.05) is 31.3 Å². The number of methoxy groups -OCH3 is 2. The quantitative estimate of drug-likeness (QED) is 0.123. The SMILES string of the molecule is CCOc1cc2c(cc1OC)-c1c/c(=N\c3c(C)cc(C)cc3C)n(CCNC(=O)/C(NN)=C(/N)OC)c(=O)n1CC2. The number of nitrogens with zero attached hydrogens (tertiary/aromatic N) is 3. The molecular weight excluding hydrogens is 538 g/mol. The number of nitrogens with one attached hydrogen (secondary N) is 2. The van der Waals surface area contributed by atoms with Crippen molar-refractivity contribution in [3.63, 3.8) is 0 Å². The van der Waals surface area contributed by atoms with E-state index < -0.39 is 5.91 Å². The van der Waals surface area contributed by atoms with Crippen LogP contribution in [-0.2, 0) is 29.0 Å². The lowest BCUT2D eigenvalue weighted by molar-refractivity contribution is -0.118. The van der Waals surface area contributed by atoms with Gasteiger partial charge in [0.1, 0.15) is 5.49 Å². The molecule has 0 spiro atoms. The van der Waals surface area contributed by atoms with Gasteiger partial charge >= 0.3 is 5.69 Å². The maximum atomic E-state index is 14.0. The summed E-state index contributed by atoms with van der Waals surface area (Å²) in [6, 6.07) is 9.93. The zero-order valence-corrected chi connectivity index (χ0v) is 25.0. The minimum atomic E-state index is -0.564. The Labute approximate surface area is 244 Å². The minimum absolute atomic E-state index is 0.108. The minimum Gasteiger partial charge on any atom is -0.493 e. The number of ether oxygens (including phenoxy) is 3. The van der Waals surface area contributed by atoms with Gasteiger partial charge in [-0.2, -0.15) is 0 Å². The predicted molar refractivity (Wildman–Crippen MR) is 160 cm³/mol. The number of hydrazine groups is 1. The highest BCUT2D eigenvalue weighted by atomic mass is 16.5. The van der Waals surface area contributed by atoms with Crippen molar-refractivity contribution in [2.75, 3.05) is 27.4 Å². The van der Waals surface area contributed by atoms with E-state index in [1.54, 1.807) is 16.2 Å². The maximum absolute atomic E-state index is 14.0. The van der Waals surface area contributed by atoms with Gasteiger partial charge in [-0.3, -0.25) is 19.8 Å². The number of hydrogen-bond acceptors (Lipinski definition) is 9. The zero-order chi connectivity index (χ0) is 30.6. The Balaban J connectivity index is 1.86. The molecule has 0 saturated carbocycles. The van der Waals surface area contributed by atoms with E-state index in [0.717, 1.165) is 39.2 Å². The molecule has 42 heavy (non-hydrogen) atoms. The highest BCUT2D eigenvalue weighted by Crippen LogP contribution is 2.37. The first-order valence-corrected chi connectivity index (χ1v) is 13.7. The first-order valence-electron chi connectivity index (χ1n) is 13.7. The number of hydrogen-bond donors (Lipinski definition) is 4. The third-order valence-electron chi connectivity index (χ3n) is 7.19. The Bertz CT molecular complexity index is 1650. The van der Waals surface area contributed by atoms with Crippen LogP contribution in [0.25, 0.3) is 11.3 Å². The van der Waals surface area contributed by atoms with Gasteiger partial charge in [0.15, 0.2) is 17.2 Å². The third kappa shape index (κ3) is 5.98. The number of benzene rings is 2. The number of carbonyl (C=O) groups excluding carboxylic acids is 1. The molecule has 0 bridgehead atoms. The van der Waals surface area contributed by atoms with Crippen LogP contribution >= 0.6 is 0 Å². The molecule has 3 aromatic rings. The average Bonchev–Trinajstić information content (AvgIpc) is 2.96. The Kier molecular flexibility index (Phi) is 9.26. The molecule has 1 aromatic heterocycles. The highest BCUT2D eigenvalue weighted by molar-refractivity contribution is 5.93. The van der Waals surface area contributed by atoms with E-state index >= 15 is 0 Å². The van der Waals surface area contributed by atoms with Gasteiger partial charge in [-0.15, -0.1) is 0 Å². The van der Waals surface area contributed by atoms with Gasteiger partial charge in [-0.05, 0) is 62.9 Å². The van der Waals surface area contributed by atoms with Gasteiger partial charge in [-0.25, -0.2) is 9.79 Å². The summed E-state index contributed by atoms with van der Waals surface area (Å²) in [6.45, 7) is 9.20. The largest absolute Gasteiger partial charge is 0.493 e. The predicted octanol–water partition coefficient (Wildman–Crippen LogP) is 1.79. The van der Waals surface area contributed by atoms with Crippen LogP contribution in [0.15, 0.2) is 51.7 Å². The van der Waals surface area contributed by atoms with Gasteiger partial charge in [0.05, 0.1) is 32.2 Å². The number of rotatable bonds is 10. The van der Waals surface area contributed by atoms with Gasteiger partial charge < -0.3 is 30.7 Å². The summed E-state index contributed by atoms with van der Waals surface area (Å²) < 4.78 is 19.6. The molecule has 12 heteroatoms. The van der Waals surface area contributed by atoms with E-state index in [9.17, 15) is 9.59 Å². The molecule has 0 saturated heterocycles. The lowest BCUT2D eigenvalue weighted by atomic mass is 9.97. The molecule has 6 N–H and O–H groups in total. The number of carbonyl (C=O) groups is 1. The molecule has 0 aliphatic carbocycles. The van der Waals surface area contributed by atoms with Crippen molar-refractivity contribution in [3.05, 3.63) is 80.1 Å². The van der Waals surface area contributed by atoms with Crippen LogP contribution in [0.1, 0.15) is 29.2 Å². The molecule has 0 fully saturated rings. The fourth-order valence-electron chi connectivity index (χ4n) is 5.26. The second-order valence-corrected chi connectivity index (χ2v) is 10.0. The van der Waals surface area contributed by atoms with Crippen LogP contribution in [0.5, 0.6) is 11.5 Å². The van der Waals surface area contributed by atoms with Crippen molar-refractivity contribution < 1.29 is 19.0 Å². The lowest BCUT2D eigenvalue weighted by Crippen LogP contribution is -2.45. The van der Waals surface area contributed by atoms with Gasteiger partial charge in [0.25, 0.3) is 5.91 Å². The molecule has 2 aromatic carbocycles. The molecule has 1 amide bonds.